The number of hydrogen-bond donors (Lipinski definition) is 1. The lowest BCUT2D eigenvalue weighted by molar-refractivity contribution is 0.365. The Balaban J connectivity index is 0.00000288. The number of hydrogen-bond acceptors (Lipinski definition) is 5. The second kappa shape index (κ2) is 9.74. The lowest BCUT2D eigenvalue weighted by atomic mass is 9.97. The molecule has 1 aromatic heterocycles. The molecular formula is C16H31IN6S. The number of nitrogens with zero attached hydrogens (tertiary/aromatic N) is 5. The van der Waals surface area contributed by atoms with Gasteiger partial charge in [-0.2, -0.15) is 4.37 Å². The SMILES string of the molecule is CCNC(=NCC(C)(C)C)N1CCN(c2nc(CC)ns2)CC1.I. The topological polar surface area (TPSA) is 56.7 Å². The highest BCUT2D eigenvalue weighted by Gasteiger charge is 2.22. The third kappa shape index (κ3) is 6.34. The van der Waals surface area contributed by atoms with Gasteiger partial charge in [0.1, 0.15) is 5.82 Å². The van der Waals surface area contributed by atoms with Crippen LogP contribution >= 0.6 is 35.5 Å². The molecule has 6 nitrogen and oxygen atoms in total. The average Bonchev–Trinajstić information content (AvgIpc) is 3.00. The maximum atomic E-state index is 4.81. The zero-order chi connectivity index (χ0) is 16.9. The number of piperazine rings is 1. The van der Waals surface area contributed by atoms with Gasteiger partial charge >= 0.3 is 0 Å². The molecule has 0 spiro atoms. The van der Waals surface area contributed by atoms with Gasteiger partial charge in [0.2, 0.25) is 5.13 Å². The van der Waals surface area contributed by atoms with Crippen LogP contribution in [0.15, 0.2) is 4.99 Å². The van der Waals surface area contributed by atoms with Crippen molar-refractivity contribution in [2.45, 2.75) is 41.0 Å². The Bertz CT molecular complexity index is 517. The van der Waals surface area contributed by atoms with E-state index in [-0.39, 0.29) is 29.4 Å². The van der Waals surface area contributed by atoms with Crippen molar-refractivity contribution >= 4 is 46.6 Å². The van der Waals surface area contributed by atoms with Crippen LogP contribution in [0, 0.1) is 5.41 Å². The number of aromatic nitrogens is 2. The zero-order valence-corrected chi connectivity index (χ0v) is 18.6. The zero-order valence-electron chi connectivity index (χ0n) is 15.5. The minimum Gasteiger partial charge on any atom is -0.357 e. The molecule has 1 fully saturated rings. The minimum absolute atomic E-state index is 0. The fraction of sp³-hybridized carbons (Fsp3) is 0.812. The summed E-state index contributed by atoms with van der Waals surface area (Å²) in [7, 11) is 0. The molecule has 1 aromatic rings. The number of anilines is 1. The molecule has 2 rings (SSSR count). The maximum absolute atomic E-state index is 4.81. The highest BCUT2D eigenvalue weighted by molar-refractivity contribution is 14.0. The molecule has 1 aliphatic heterocycles. The Morgan fingerprint density at radius 1 is 1.21 bits per heavy atom. The largest absolute Gasteiger partial charge is 0.357 e. The fourth-order valence-electron chi connectivity index (χ4n) is 2.36. The fourth-order valence-corrected chi connectivity index (χ4v) is 3.17. The number of aliphatic imine (C=N–C) groups is 1. The highest BCUT2D eigenvalue weighted by atomic mass is 127. The van der Waals surface area contributed by atoms with E-state index >= 15 is 0 Å². The molecule has 0 aliphatic carbocycles. The summed E-state index contributed by atoms with van der Waals surface area (Å²) >= 11 is 1.51. The molecule has 0 radical (unpaired) electrons. The van der Waals surface area contributed by atoms with Crippen LogP contribution in [0.4, 0.5) is 5.13 Å². The van der Waals surface area contributed by atoms with Crippen LogP contribution in [0.1, 0.15) is 40.4 Å². The van der Waals surface area contributed by atoms with Gasteiger partial charge < -0.3 is 15.1 Å². The summed E-state index contributed by atoms with van der Waals surface area (Å²) in [5, 5.41) is 4.48. The van der Waals surface area contributed by atoms with E-state index in [1.54, 1.807) is 0 Å². The van der Waals surface area contributed by atoms with E-state index in [1.807, 2.05) is 0 Å². The highest BCUT2D eigenvalue weighted by Crippen LogP contribution is 2.19. The molecule has 8 heteroatoms. The molecule has 2 heterocycles. The molecule has 24 heavy (non-hydrogen) atoms. The molecule has 0 saturated carbocycles. The number of guanidine groups is 1. The summed E-state index contributed by atoms with van der Waals surface area (Å²) < 4.78 is 4.39. The summed E-state index contributed by atoms with van der Waals surface area (Å²) in [6, 6.07) is 0. The van der Waals surface area contributed by atoms with Crippen molar-refractivity contribution in [3.05, 3.63) is 5.82 Å². The van der Waals surface area contributed by atoms with Crippen LogP contribution in [0.2, 0.25) is 0 Å². The summed E-state index contributed by atoms with van der Waals surface area (Å²) in [6.45, 7) is 16.5. The van der Waals surface area contributed by atoms with Gasteiger partial charge in [-0.15, -0.1) is 24.0 Å². The molecule has 1 N–H and O–H groups in total. The van der Waals surface area contributed by atoms with Gasteiger partial charge in [-0.1, -0.05) is 27.7 Å². The molecular weight excluding hydrogens is 435 g/mol. The van der Waals surface area contributed by atoms with Crippen molar-refractivity contribution in [3.63, 3.8) is 0 Å². The summed E-state index contributed by atoms with van der Waals surface area (Å²) in [5.41, 5.74) is 0.214. The van der Waals surface area contributed by atoms with Crippen LogP contribution in [0.3, 0.4) is 0 Å². The van der Waals surface area contributed by atoms with E-state index < -0.39 is 0 Å². The summed E-state index contributed by atoms with van der Waals surface area (Å²) in [5.74, 6) is 1.99. The second-order valence-electron chi connectivity index (χ2n) is 7.05. The van der Waals surface area contributed by atoms with Gasteiger partial charge in [0, 0.05) is 57.2 Å². The van der Waals surface area contributed by atoms with E-state index in [0.717, 1.165) is 62.6 Å². The monoisotopic (exact) mass is 466 g/mol. The maximum Gasteiger partial charge on any atom is 0.205 e. The van der Waals surface area contributed by atoms with Crippen molar-refractivity contribution in [1.29, 1.82) is 0 Å². The van der Waals surface area contributed by atoms with Crippen LogP contribution in [0.25, 0.3) is 0 Å². The van der Waals surface area contributed by atoms with E-state index in [2.05, 4.69) is 59.1 Å². The summed E-state index contributed by atoms with van der Waals surface area (Å²) in [6.07, 6.45) is 0.903. The van der Waals surface area contributed by atoms with Crippen LogP contribution in [-0.2, 0) is 6.42 Å². The number of halogens is 1. The Kier molecular flexibility index (Phi) is 8.69. The molecule has 0 aromatic carbocycles. The van der Waals surface area contributed by atoms with Gasteiger partial charge in [-0.05, 0) is 12.3 Å². The van der Waals surface area contributed by atoms with Gasteiger partial charge in [-0.3, -0.25) is 4.99 Å². The van der Waals surface area contributed by atoms with Gasteiger partial charge in [0.15, 0.2) is 5.96 Å². The van der Waals surface area contributed by atoms with Crippen molar-refractivity contribution in [1.82, 2.24) is 19.6 Å². The molecule has 0 amide bonds. The average molecular weight is 466 g/mol. The molecule has 138 valence electrons. The Labute approximate surface area is 167 Å². The number of aryl methyl sites for hydroxylation is 1. The van der Waals surface area contributed by atoms with Crippen LogP contribution in [-0.4, -0.2) is 59.5 Å². The first-order valence-electron chi connectivity index (χ1n) is 8.53. The Hall–Kier alpha value is -0.640. The lowest BCUT2D eigenvalue weighted by Crippen LogP contribution is -2.52. The third-order valence-electron chi connectivity index (χ3n) is 3.66. The van der Waals surface area contributed by atoms with E-state index in [1.165, 1.54) is 11.5 Å². The van der Waals surface area contributed by atoms with E-state index in [4.69, 9.17) is 4.99 Å². The standard InChI is InChI=1S/C16H30N6S.HI/c1-6-13-19-15(23-20-13)22-10-8-21(9-11-22)14(17-7-2)18-12-16(3,4)5;/h6-12H2,1-5H3,(H,17,18);1H. The first kappa shape index (κ1) is 21.4. The van der Waals surface area contributed by atoms with Gasteiger partial charge in [0.25, 0.3) is 0 Å². The molecule has 0 unspecified atom stereocenters. The first-order valence-corrected chi connectivity index (χ1v) is 9.31. The molecule has 0 atom stereocenters. The van der Waals surface area contributed by atoms with Gasteiger partial charge in [-0.25, -0.2) is 4.98 Å². The van der Waals surface area contributed by atoms with Crippen LogP contribution < -0.4 is 10.2 Å². The predicted octanol–water partition coefficient (Wildman–Crippen LogP) is 2.85. The second-order valence-corrected chi connectivity index (χ2v) is 7.78. The van der Waals surface area contributed by atoms with Gasteiger partial charge in [0.05, 0.1) is 0 Å². The lowest BCUT2D eigenvalue weighted by Gasteiger charge is -2.36. The summed E-state index contributed by atoms with van der Waals surface area (Å²) in [4.78, 5) is 14.1. The quantitative estimate of drug-likeness (QED) is 0.420. The first-order chi connectivity index (χ1) is 10.9. The Morgan fingerprint density at radius 3 is 2.38 bits per heavy atom. The van der Waals surface area contributed by atoms with Crippen molar-refractivity contribution in [2.75, 3.05) is 44.2 Å². The number of rotatable bonds is 4. The number of nitrogens with one attached hydrogen (secondary N) is 1. The van der Waals surface area contributed by atoms with Crippen LogP contribution in [0.5, 0.6) is 0 Å². The molecule has 0 bridgehead atoms. The van der Waals surface area contributed by atoms with Crippen molar-refractivity contribution < 1.29 is 0 Å². The molecule has 1 aliphatic rings. The molecule has 1 saturated heterocycles. The normalized spacial score (nSPS) is 16.1. The Morgan fingerprint density at radius 2 is 1.88 bits per heavy atom. The van der Waals surface area contributed by atoms with E-state index in [9.17, 15) is 0 Å². The minimum atomic E-state index is 0. The third-order valence-corrected chi connectivity index (χ3v) is 4.48. The smallest absolute Gasteiger partial charge is 0.205 e. The van der Waals surface area contributed by atoms with Crippen molar-refractivity contribution in [2.24, 2.45) is 10.4 Å². The van der Waals surface area contributed by atoms with E-state index in [0.29, 0.717) is 0 Å². The predicted molar refractivity (Wildman–Crippen MR) is 114 cm³/mol. The van der Waals surface area contributed by atoms with Crippen molar-refractivity contribution in [3.8, 4) is 0 Å².